The first-order chi connectivity index (χ1) is 13.4. The number of anilines is 1. The zero-order valence-electron chi connectivity index (χ0n) is 17.0. The highest BCUT2D eigenvalue weighted by Gasteiger charge is 2.41. The van der Waals surface area contributed by atoms with Crippen LogP contribution in [0.5, 0.6) is 0 Å². The number of fused-ring (bicyclic) bond motifs is 1. The summed E-state index contributed by atoms with van der Waals surface area (Å²) in [6, 6.07) is 8.64. The van der Waals surface area contributed by atoms with Crippen molar-refractivity contribution in [3.63, 3.8) is 0 Å². The Morgan fingerprint density at radius 1 is 1.21 bits per heavy atom. The monoisotopic (exact) mass is 387 g/mol. The van der Waals surface area contributed by atoms with Gasteiger partial charge in [0.15, 0.2) is 0 Å². The number of hydrogen-bond acceptors (Lipinski definition) is 6. The van der Waals surface area contributed by atoms with Crippen LogP contribution >= 0.6 is 0 Å². The number of benzene rings is 1. The van der Waals surface area contributed by atoms with E-state index in [2.05, 4.69) is 34.3 Å². The second-order valence-electron chi connectivity index (χ2n) is 8.41. The molecule has 7 heteroatoms. The molecular weight excluding hydrogens is 353 g/mol. The molecule has 2 aliphatic rings. The van der Waals surface area contributed by atoms with E-state index >= 15 is 0 Å². The van der Waals surface area contributed by atoms with Crippen LogP contribution in [0.4, 0.5) is 5.69 Å². The maximum absolute atomic E-state index is 12.4. The maximum atomic E-state index is 12.4. The van der Waals surface area contributed by atoms with Crippen molar-refractivity contribution < 1.29 is 14.8 Å². The van der Waals surface area contributed by atoms with E-state index in [4.69, 9.17) is 15.8 Å². The summed E-state index contributed by atoms with van der Waals surface area (Å²) in [5.74, 6) is 0.235. The second-order valence-corrected chi connectivity index (χ2v) is 8.41. The van der Waals surface area contributed by atoms with Gasteiger partial charge < -0.3 is 20.8 Å². The van der Waals surface area contributed by atoms with Crippen LogP contribution in [0.25, 0.3) is 0 Å². The third kappa shape index (κ3) is 4.77. The largest absolute Gasteiger partial charge is 0.451 e. The summed E-state index contributed by atoms with van der Waals surface area (Å²) < 4.78 is 0. The predicted octanol–water partition coefficient (Wildman–Crippen LogP) is 2.00. The molecule has 154 valence electrons. The van der Waals surface area contributed by atoms with E-state index in [1.807, 2.05) is 0 Å². The number of nitrogens with zero attached hydrogens (tertiary/aromatic N) is 2. The molecule has 0 bridgehead atoms. The average molecular weight is 387 g/mol. The Labute approximate surface area is 168 Å². The van der Waals surface area contributed by atoms with E-state index in [1.165, 1.54) is 17.7 Å². The van der Waals surface area contributed by atoms with Gasteiger partial charge in [0.25, 0.3) is 0 Å². The molecule has 4 N–H and O–H groups in total. The normalized spacial score (nSPS) is 20.5. The van der Waals surface area contributed by atoms with Crippen molar-refractivity contribution in [1.82, 2.24) is 5.01 Å². The number of hydrazine groups is 1. The molecule has 1 fully saturated rings. The number of carbonyl (C=O) groups is 1. The lowest BCUT2D eigenvalue weighted by molar-refractivity contribution is -0.125. The van der Waals surface area contributed by atoms with Gasteiger partial charge in [0, 0.05) is 19.6 Å². The Kier molecular flexibility index (Phi) is 7.15. The van der Waals surface area contributed by atoms with E-state index in [0.717, 1.165) is 45.3 Å². The molecule has 3 rings (SSSR count). The van der Waals surface area contributed by atoms with E-state index < -0.39 is 12.7 Å². The highest BCUT2D eigenvalue weighted by atomic mass is 16.4. The number of aryl methyl sites for hydroxylation is 1. The number of rotatable bonds is 8. The van der Waals surface area contributed by atoms with Gasteiger partial charge in [-0.1, -0.05) is 31.0 Å². The Bertz CT molecular complexity index is 664. The molecule has 1 saturated heterocycles. The molecule has 1 aromatic rings. The second kappa shape index (κ2) is 9.40. The van der Waals surface area contributed by atoms with Crippen molar-refractivity contribution in [2.24, 2.45) is 11.7 Å². The third-order valence-corrected chi connectivity index (χ3v) is 6.59. The number of piperidine rings is 1. The predicted molar refractivity (Wildman–Crippen MR) is 113 cm³/mol. The molecule has 0 saturated carbocycles. The molecule has 0 aromatic heterocycles. The van der Waals surface area contributed by atoms with Crippen LogP contribution in [0, 0.1) is 5.92 Å². The van der Waals surface area contributed by atoms with Crippen LogP contribution in [0.1, 0.15) is 51.0 Å². The van der Waals surface area contributed by atoms with Crippen molar-refractivity contribution in [3.8, 4) is 0 Å². The number of Topliss-reactive ketones (excluding diaryl/α,β-unsaturated/α-hetero) is 1. The number of carbonyl (C=O) groups excluding carboxylic acids is 1. The quantitative estimate of drug-likeness (QED) is 0.467. The van der Waals surface area contributed by atoms with Crippen molar-refractivity contribution >= 4 is 18.6 Å². The molecule has 28 heavy (non-hydrogen) atoms. The summed E-state index contributed by atoms with van der Waals surface area (Å²) in [6.45, 7) is 4.49. The van der Waals surface area contributed by atoms with Crippen molar-refractivity contribution in [1.29, 1.82) is 0 Å². The van der Waals surface area contributed by atoms with Crippen LogP contribution in [-0.2, 0) is 11.2 Å². The van der Waals surface area contributed by atoms with Gasteiger partial charge in [-0.05, 0) is 62.9 Å². The molecule has 0 unspecified atom stereocenters. The molecule has 0 radical (unpaired) electrons. The van der Waals surface area contributed by atoms with Crippen LogP contribution in [-0.4, -0.2) is 53.1 Å². The van der Waals surface area contributed by atoms with Crippen molar-refractivity contribution in [2.45, 2.75) is 63.7 Å². The first-order valence-electron chi connectivity index (χ1n) is 10.7. The Hall–Kier alpha value is -1.41. The lowest BCUT2D eigenvalue weighted by Gasteiger charge is -2.46. The van der Waals surface area contributed by atoms with Crippen LogP contribution < -0.4 is 10.7 Å². The Morgan fingerprint density at radius 3 is 2.61 bits per heavy atom. The summed E-state index contributed by atoms with van der Waals surface area (Å²) in [5.41, 5.74) is 8.56. The third-order valence-electron chi connectivity index (χ3n) is 6.59. The highest BCUT2D eigenvalue weighted by Crippen LogP contribution is 2.35. The van der Waals surface area contributed by atoms with Gasteiger partial charge in [0.05, 0.1) is 11.2 Å². The molecule has 2 heterocycles. The molecule has 1 aromatic carbocycles. The Balaban J connectivity index is 1.59. The topological polar surface area (TPSA) is 90.0 Å². The van der Waals surface area contributed by atoms with Crippen molar-refractivity contribution in [2.75, 3.05) is 24.6 Å². The van der Waals surface area contributed by atoms with Gasteiger partial charge in [-0.2, -0.15) is 0 Å². The molecule has 6 nitrogen and oxygen atoms in total. The molecule has 0 aliphatic carbocycles. The number of nitrogens with two attached hydrogens (primary N) is 1. The average Bonchev–Trinajstić information content (AvgIpc) is 2.70. The lowest BCUT2D eigenvalue weighted by atomic mass is 9.72. The minimum atomic E-state index is -1.28. The fourth-order valence-corrected chi connectivity index (χ4v) is 4.84. The van der Waals surface area contributed by atoms with Crippen molar-refractivity contribution in [3.05, 3.63) is 29.8 Å². The van der Waals surface area contributed by atoms with Gasteiger partial charge in [0.2, 0.25) is 0 Å². The summed E-state index contributed by atoms with van der Waals surface area (Å²) in [5, 5.41) is 22.9. The van der Waals surface area contributed by atoms with Crippen LogP contribution in [0.3, 0.4) is 0 Å². The highest BCUT2D eigenvalue weighted by molar-refractivity contribution is 6.40. The van der Waals surface area contributed by atoms with Gasteiger partial charge in [-0.15, -0.1) is 0 Å². The summed E-state index contributed by atoms with van der Waals surface area (Å²) in [6.07, 6.45) is 6.51. The van der Waals surface area contributed by atoms with Crippen LogP contribution in [0.2, 0.25) is 6.32 Å². The molecular formula is C21H34BN3O3. The summed E-state index contributed by atoms with van der Waals surface area (Å²) in [4.78, 5) is 12.4. The number of unbranched alkanes of at least 4 members (excludes halogenated alkanes) is 1. The SMILES string of the molecule is CC(=O)[C@@](N)(CCCCB(O)O)C1CCN(N2CCCc3ccccc32)CC1. The van der Waals surface area contributed by atoms with E-state index in [1.54, 1.807) is 6.92 Å². The van der Waals surface area contributed by atoms with Gasteiger partial charge in [0.1, 0.15) is 5.78 Å². The van der Waals surface area contributed by atoms with E-state index in [0.29, 0.717) is 19.2 Å². The fourth-order valence-electron chi connectivity index (χ4n) is 4.84. The zero-order valence-corrected chi connectivity index (χ0v) is 17.0. The van der Waals surface area contributed by atoms with E-state index in [-0.39, 0.29) is 11.7 Å². The van der Waals surface area contributed by atoms with Gasteiger partial charge in [-0.3, -0.25) is 4.79 Å². The Morgan fingerprint density at radius 2 is 1.93 bits per heavy atom. The molecule has 2 aliphatic heterocycles. The summed E-state index contributed by atoms with van der Waals surface area (Å²) in [7, 11) is -1.28. The standard InChI is InChI=1S/C21H34BN3O3/c1-17(26)21(23,12-4-5-13-22(27)28)19-10-15-24(16-11-19)25-14-6-8-18-7-2-3-9-20(18)25/h2-3,7,9,19,27-28H,4-6,8,10-16,23H2,1H3/t21-/m0/s1. The lowest BCUT2D eigenvalue weighted by Crippen LogP contribution is -2.58. The number of hydrogen-bond donors (Lipinski definition) is 3. The maximum Gasteiger partial charge on any atom is 0.451 e. The molecule has 1 atom stereocenters. The first-order valence-corrected chi connectivity index (χ1v) is 10.7. The van der Waals surface area contributed by atoms with E-state index in [9.17, 15) is 4.79 Å². The van der Waals surface area contributed by atoms with Crippen LogP contribution in [0.15, 0.2) is 24.3 Å². The fraction of sp³-hybridized carbons (Fsp3) is 0.667. The zero-order chi connectivity index (χ0) is 20.1. The summed E-state index contributed by atoms with van der Waals surface area (Å²) >= 11 is 0. The smallest absolute Gasteiger partial charge is 0.427 e. The van der Waals surface area contributed by atoms with Gasteiger partial charge in [-0.25, -0.2) is 5.01 Å². The molecule has 0 amide bonds. The first kappa shape index (κ1) is 21.3. The minimum absolute atomic E-state index is 0.0545. The number of ketones is 1. The number of para-hydroxylation sites is 1. The van der Waals surface area contributed by atoms with Gasteiger partial charge >= 0.3 is 7.12 Å². The minimum Gasteiger partial charge on any atom is -0.427 e. The molecule has 0 spiro atoms.